The highest BCUT2D eigenvalue weighted by molar-refractivity contribution is 6.34. The number of nitrogens with one attached hydrogen (secondary N) is 2. The van der Waals surface area contributed by atoms with Crippen molar-refractivity contribution in [3.63, 3.8) is 0 Å². The zero-order valence-corrected chi connectivity index (χ0v) is 12.7. The summed E-state index contributed by atoms with van der Waals surface area (Å²) in [4.78, 5) is 17.7. The van der Waals surface area contributed by atoms with Crippen LogP contribution < -0.4 is 15.2 Å². The van der Waals surface area contributed by atoms with Gasteiger partial charge < -0.3 is 10.1 Å². The van der Waals surface area contributed by atoms with Crippen LogP contribution in [0.3, 0.4) is 0 Å². The van der Waals surface area contributed by atoms with E-state index in [9.17, 15) is 4.79 Å². The molecule has 0 radical (unpaired) electrons. The number of morpholine rings is 1. The van der Waals surface area contributed by atoms with E-state index in [1.54, 1.807) is 0 Å². The first-order valence-electron chi connectivity index (χ1n) is 7.78. The maximum absolute atomic E-state index is 12.1. The summed E-state index contributed by atoms with van der Waals surface area (Å²) in [5.74, 6) is 1.02. The molecule has 1 aromatic heterocycles. The molecule has 1 saturated heterocycles. The first-order chi connectivity index (χ1) is 11.3. The molecule has 0 unspecified atom stereocenters. The molecule has 1 amide bonds. The van der Waals surface area contributed by atoms with Gasteiger partial charge in [-0.15, -0.1) is 0 Å². The van der Waals surface area contributed by atoms with Gasteiger partial charge in [0, 0.05) is 28.5 Å². The second-order valence-corrected chi connectivity index (χ2v) is 5.66. The molecule has 4 rings (SSSR count). The molecular weight excluding hydrogens is 290 g/mol. The van der Waals surface area contributed by atoms with Crippen LogP contribution in [0.15, 0.2) is 42.6 Å². The van der Waals surface area contributed by atoms with Gasteiger partial charge in [-0.25, -0.2) is 4.98 Å². The third-order valence-corrected chi connectivity index (χ3v) is 4.19. The Morgan fingerprint density at radius 1 is 1.13 bits per heavy atom. The smallest absolute Gasteiger partial charge is 0.274 e. The molecule has 2 N–H and O–H groups in total. The summed E-state index contributed by atoms with van der Waals surface area (Å²) >= 11 is 0. The fourth-order valence-corrected chi connectivity index (χ4v) is 2.97. The Kier molecular flexibility index (Phi) is 3.55. The summed E-state index contributed by atoms with van der Waals surface area (Å²) in [6.07, 6.45) is 3.85. The molecule has 0 saturated carbocycles. The quantitative estimate of drug-likeness (QED) is 0.861. The maximum Gasteiger partial charge on any atom is 0.274 e. The Morgan fingerprint density at radius 2 is 1.96 bits per heavy atom. The third-order valence-electron chi connectivity index (χ3n) is 4.19. The second-order valence-electron chi connectivity index (χ2n) is 5.66. The fourth-order valence-electron chi connectivity index (χ4n) is 2.97. The molecule has 0 atom stereocenters. The van der Waals surface area contributed by atoms with Crippen molar-refractivity contribution in [2.75, 3.05) is 36.5 Å². The van der Waals surface area contributed by atoms with Crippen molar-refractivity contribution < 1.29 is 14.5 Å². The van der Waals surface area contributed by atoms with Crippen molar-refractivity contribution in [2.45, 2.75) is 0 Å². The maximum atomic E-state index is 12.1. The molecule has 2 aliphatic rings. The largest absolute Gasteiger partial charge is 0.373 e. The van der Waals surface area contributed by atoms with E-state index in [4.69, 9.17) is 4.74 Å². The van der Waals surface area contributed by atoms with Crippen LogP contribution in [-0.4, -0.2) is 32.2 Å². The van der Waals surface area contributed by atoms with Gasteiger partial charge in [0.1, 0.15) is 13.1 Å². The summed E-state index contributed by atoms with van der Waals surface area (Å²) in [6, 6.07) is 11.8. The van der Waals surface area contributed by atoms with Crippen molar-refractivity contribution in [2.24, 2.45) is 0 Å². The number of amides is 1. The standard InChI is InChI=1S/C18H17N3O2/c22-18-15(14-3-1-2-4-16(14)20-18)11-13-5-6-17(19-12-13)21-7-9-23-10-8-21/h1-6,11-12H,7-10H2,(H,20,22)/p+1/b15-11-. The van der Waals surface area contributed by atoms with E-state index in [0.717, 1.165) is 48.9 Å². The minimum absolute atomic E-state index is 0.0524. The van der Waals surface area contributed by atoms with E-state index in [0.29, 0.717) is 5.57 Å². The number of pyridine rings is 1. The van der Waals surface area contributed by atoms with E-state index < -0.39 is 0 Å². The third kappa shape index (κ3) is 2.71. The Bertz CT molecular complexity index is 762. The molecule has 116 valence electrons. The van der Waals surface area contributed by atoms with Crippen molar-refractivity contribution in [1.82, 2.24) is 0 Å². The molecule has 0 bridgehead atoms. The molecule has 0 aliphatic carbocycles. The Morgan fingerprint density at radius 3 is 2.74 bits per heavy atom. The van der Waals surface area contributed by atoms with Gasteiger partial charge in [0.25, 0.3) is 11.7 Å². The van der Waals surface area contributed by atoms with E-state index in [1.807, 2.05) is 42.6 Å². The van der Waals surface area contributed by atoms with Gasteiger partial charge in [-0.2, -0.15) is 0 Å². The summed E-state index contributed by atoms with van der Waals surface area (Å²) in [6.45, 7) is 3.31. The number of fused-ring (bicyclic) bond motifs is 1. The number of carbonyl (C=O) groups is 1. The van der Waals surface area contributed by atoms with Gasteiger partial charge in [-0.3, -0.25) is 9.69 Å². The molecule has 23 heavy (non-hydrogen) atoms. The Balaban J connectivity index is 1.60. The van der Waals surface area contributed by atoms with E-state index in [1.165, 1.54) is 0 Å². The number of ether oxygens (including phenoxy) is 1. The zero-order valence-electron chi connectivity index (χ0n) is 12.7. The van der Waals surface area contributed by atoms with Crippen molar-refractivity contribution in [3.05, 3.63) is 53.7 Å². The number of benzene rings is 1. The number of anilines is 2. The zero-order chi connectivity index (χ0) is 15.6. The lowest BCUT2D eigenvalue weighted by Crippen LogP contribution is -2.39. The molecule has 5 nitrogen and oxygen atoms in total. The minimum atomic E-state index is -0.0524. The number of carbonyl (C=O) groups excluding carboxylic acids is 1. The van der Waals surface area contributed by atoms with Crippen LogP contribution in [0.2, 0.25) is 0 Å². The monoisotopic (exact) mass is 308 g/mol. The van der Waals surface area contributed by atoms with Gasteiger partial charge in [0.15, 0.2) is 0 Å². The topological polar surface area (TPSA) is 55.7 Å². The first-order valence-corrected chi connectivity index (χ1v) is 7.78. The molecule has 0 spiro atoms. The lowest BCUT2D eigenvalue weighted by atomic mass is 10.0. The number of aromatic amines is 1. The van der Waals surface area contributed by atoms with Gasteiger partial charge in [0.05, 0.1) is 19.4 Å². The SMILES string of the molecule is O=C1Nc2ccccc2/C1=C/c1ccc(N2CCOCC2)[nH+]c1. The number of hydrogen-bond donors (Lipinski definition) is 1. The molecule has 5 heteroatoms. The number of para-hydroxylation sites is 1. The summed E-state index contributed by atoms with van der Waals surface area (Å²) < 4.78 is 5.37. The first kappa shape index (κ1) is 14.0. The van der Waals surface area contributed by atoms with E-state index >= 15 is 0 Å². The van der Waals surface area contributed by atoms with Crippen molar-refractivity contribution >= 4 is 29.1 Å². The number of hydrogen-bond acceptors (Lipinski definition) is 3. The normalized spacial score (nSPS) is 18.9. The molecular formula is C18H18N3O2+. The predicted octanol–water partition coefficient (Wildman–Crippen LogP) is 1.83. The van der Waals surface area contributed by atoms with Crippen LogP contribution in [-0.2, 0) is 9.53 Å². The fraction of sp³-hybridized carbons (Fsp3) is 0.222. The van der Waals surface area contributed by atoms with Gasteiger partial charge >= 0.3 is 0 Å². The Hall–Kier alpha value is -2.66. The summed E-state index contributed by atoms with van der Waals surface area (Å²) in [5, 5.41) is 2.89. The number of H-pyrrole nitrogens is 1. The summed E-state index contributed by atoms with van der Waals surface area (Å²) in [7, 11) is 0. The average Bonchev–Trinajstić information content (AvgIpc) is 2.92. The Labute approximate surface area is 134 Å². The molecule has 2 aliphatic heterocycles. The van der Waals surface area contributed by atoms with E-state index in [-0.39, 0.29) is 5.91 Å². The highest BCUT2D eigenvalue weighted by Gasteiger charge is 2.23. The molecule has 3 heterocycles. The minimum Gasteiger partial charge on any atom is -0.373 e. The second kappa shape index (κ2) is 5.85. The predicted molar refractivity (Wildman–Crippen MR) is 89.0 cm³/mol. The lowest BCUT2D eigenvalue weighted by Gasteiger charge is -2.21. The number of aromatic nitrogens is 1. The lowest BCUT2D eigenvalue weighted by molar-refractivity contribution is -0.364. The van der Waals surface area contributed by atoms with Gasteiger partial charge in [-0.1, -0.05) is 18.2 Å². The summed E-state index contributed by atoms with van der Waals surface area (Å²) in [5.41, 5.74) is 3.50. The van der Waals surface area contributed by atoms with E-state index in [2.05, 4.69) is 21.3 Å². The van der Waals surface area contributed by atoms with Crippen LogP contribution in [0.25, 0.3) is 11.6 Å². The highest BCUT2D eigenvalue weighted by Crippen LogP contribution is 2.32. The average molecular weight is 308 g/mol. The highest BCUT2D eigenvalue weighted by atomic mass is 16.5. The van der Waals surface area contributed by atoms with Crippen LogP contribution in [0.4, 0.5) is 11.5 Å². The van der Waals surface area contributed by atoms with Gasteiger partial charge in [-0.05, 0) is 18.2 Å². The molecule has 1 aromatic carbocycles. The number of rotatable bonds is 2. The van der Waals surface area contributed by atoms with Crippen LogP contribution in [0.1, 0.15) is 11.1 Å². The van der Waals surface area contributed by atoms with Crippen LogP contribution >= 0.6 is 0 Å². The van der Waals surface area contributed by atoms with Crippen LogP contribution in [0, 0.1) is 0 Å². The molecule has 1 fully saturated rings. The van der Waals surface area contributed by atoms with Crippen molar-refractivity contribution in [3.8, 4) is 0 Å². The van der Waals surface area contributed by atoms with Crippen LogP contribution in [0.5, 0.6) is 0 Å². The number of nitrogens with zero attached hydrogens (tertiary/aromatic N) is 1. The molecule has 2 aromatic rings. The van der Waals surface area contributed by atoms with Gasteiger partial charge in [0.2, 0.25) is 0 Å². The van der Waals surface area contributed by atoms with Crippen molar-refractivity contribution in [1.29, 1.82) is 0 Å².